The Labute approximate surface area is 160 Å². The molecule has 25 heavy (non-hydrogen) atoms. The van der Waals surface area contributed by atoms with Gasteiger partial charge in [0.2, 0.25) is 11.8 Å². The Morgan fingerprint density at radius 3 is 2.68 bits per heavy atom. The highest BCUT2D eigenvalue weighted by Gasteiger charge is 2.57. The molecule has 2 heterocycles. The van der Waals surface area contributed by atoms with Crippen LogP contribution >= 0.6 is 24.8 Å². The van der Waals surface area contributed by atoms with Crippen molar-refractivity contribution in [2.45, 2.75) is 32.2 Å². The van der Waals surface area contributed by atoms with E-state index in [-0.39, 0.29) is 48.0 Å². The van der Waals surface area contributed by atoms with Gasteiger partial charge < -0.3 is 16.0 Å². The Balaban J connectivity index is 0.00000156. The topological polar surface area (TPSA) is 83.1 Å². The average molecular weight is 389 g/mol. The number of aromatic nitrogens is 1. The van der Waals surface area contributed by atoms with E-state index in [2.05, 4.69) is 20.9 Å². The van der Waals surface area contributed by atoms with Crippen LogP contribution in [0.1, 0.15) is 31.2 Å². The lowest BCUT2D eigenvalue weighted by Crippen LogP contribution is -2.35. The first kappa shape index (κ1) is 21.7. The van der Waals surface area contributed by atoms with E-state index in [9.17, 15) is 9.59 Å². The summed E-state index contributed by atoms with van der Waals surface area (Å²) in [6.45, 7) is 2.91. The first-order valence-electron chi connectivity index (χ1n) is 8.34. The third-order valence-electron chi connectivity index (χ3n) is 4.97. The molecule has 1 aromatic heterocycles. The number of hydrogen-bond acceptors (Lipinski definition) is 4. The van der Waals surface area contributed by atoms with Crippen LogP contribution in [0, 0.1) is 11.3 Å². The molecule has 1 aliphatic heterocycles. The second kappa shape index (κ2) is 9.94. The van der Waals surface area contributed by atoms with Crippen LogP contribution in [-0.2, 0) is 16.1 Å². The molecule has 140 valence electrons. The van der Waals surface area contributed by atoms with Crippen LogP contribution in [0.5, 0.6) is 0 Å². The molecule has 1 aliphatic carbocycles. The van der Waals surface area contributed by atoms with Gasteiger partial charge >= 0.3 is 0 Å². The SMILES string of the molecule is Cl.Cl.O=C(CCNC(=O)C1CC12CCNCC2)NCc1cccnc1. The van der Waals surface area contributed by atoms with Crippen LogP contribution in [0.3, 0.4) is 0 Å². The van der Waals surface area contributed by atoms with Gasteiger partial charge in [-0.2, -0.15) is 0 Å². The number of halogens is 2. The second-order valence-electron chi connectivity index (χ2n) is 6.55. The molecule has 1 spiro atoms. The normalized spacial score (nSPS) is 19.9. The maximum atomic E-state index is 12.2. The van der Waals surface area contributed by atoms with Crippen molar-refractivity contribution in [1.29, 1.82) is 0 Å². The largest absolute Gasteiger partial charge is 0.355 e. The zero-order chi connectivity index (χ0) is 16.1. The van der Waals surface area contributed by atoms with E-state index in [1.165, 1.54) is 0 Å². The van der Waals surface area contributed by atoms with Crippen LogP contribution in [0.25, 0.3) is 0 Å². The fourth-order valence-electron chi connectivity index (χ4n) is 3.41. The molecule has 3 N–H and O–H groups in total. The van der Waals surface area contributed by atoms with Gasteiger partial charge in [0.05, 0.1) is 0 Å². The lowest BCUT2D eigenvalue weighted by molar-refractivity contribution is -0.123. The first-order chi connectivity index (χ1) is 11.2. The zero-order valence-electron chi connectivity index (χ0n) is 14.1. The Bertz CT molecular complexity index is 565. The van der Waals surface area contributed by atoms with Gasteiger partial charge in [-0.1, -0.05) is 6.07 Å². The molecule has 0 aromatic carbocycles. The van der Waals surface area contributed by atoms with Gasteiger partial charge in [-0.15, -0.1) is 24.8 Å². The number of amides is 2. The molecule has 0 radical (unpaired) electrons. The molecule has 1 unspecified atom stereocenters. The van der Waals surface area contributed by atoms with Crippen molar-refractivity contribution in [3.8, 4) is 0 Å². The van der Waals surface area contributed by atoms with E-state index >= 15 is 0 Å². The predicted octanol–water partition coefficient (Wildman–Crippen LogP) is 1.44. The fraction of sp³-hybridized carbons (Fsp3) is 0.588. The molecule has 1 atom stereocenters. The minimum Gasteiger partial charge on any atom is -0.355 e. The summed E-state index contributed by atoms with van der Waals surface area (Å²) in [6, 6.07) is 3.76. The molecule has 8 heteroatoms. The van der Waals surface area contributed by atoms with Crippen molar-refractivity contribution in [3.63, 3.8) is 0 Å². The molecule has 1 saturated heterocycles. The lowest BCUT2D eigenvalue weighted by atomic mass is 9.92. The number of nitrogens with one attached hydrogen (secondary N) is 3. The Morgan fingerprint density at radius 1 is 1.24 bits per heavy atom. The predicted molar refractivity (Wildman–Crippen MR) is 101 cm³/mol. The van der Waals surface area contributed by atoms with Crippen molar-refractivity contribution >= 4 is 36.6 Å². The number of piperidine rings is 1. The van der Waals surface area contributed by atoms with Gasteiger partial charge in [0.25, 0.3) is 0 Å². The zero-order valence-corrected chi connectivity index (χ0v) is 15.8. The Morgan fingerprint density at radius 2 is 2.00 bits per heavy atom. The summed E-state index contributed by atoms with van der Waals surface area (Å²) >= 11 is 0. The van der Waals surface area contributed by atoms with E-state index in [1.54, 1.807) is 12.4 Å². The van der Waals surface area contributed by atoms with Gasteiger partial charge in [0.1, 0.15) is 0 Å². The molecule has 2 fully saturated rings. The molecule has 2 amide bonds. The van der Waals surface area contributed by atoms with Crippen molar-refractivity contribution in [2.24, 2.45) is 11.3 Å². The minimum atomic E-state index is -0.0541. The molecule has 3 rings (SSSR count). The Hall–Kier alpha value is -1.37. The lowest BCUT2D eigenvalue weighted by Gasteiger charge is -2.23. The highest BCUT2D eigenvalue weighted by molar-refractivity contribution is 5.85. The summed E-state index contributed by atoms with van der Waals surface area (Å²) in [5.41, 5.74) is 1.22. The fourth-order valence-corrected chi connectivity index (χ4v) is 3.41. The van der Waals surface area contributed by atoms with E-state index in [0.29, 0.717) is 19.5 Å². The van der Waals surface area contributed by atoms with Crippen molar-refractivity contribution in [3.05, 3.63) is 30.1 Å². The number of pyridine rings is 1. The molecule has 0 bridgehead atoms. The summed E-state index contributed by atoms with van der Waals surface area (Å²) in [4.78, 5) is 28.0. The van der Waals surface area contributed by atoms with E-state index < -0.39 is 0 Å². The highest BCUT2D eigenvalue weighted by atomic mass is 35.5. The Kier molecular flexibility index (Phi) is 8.62. The van der Waals surface area contributed by atoms with Crippen molar-refractivity contribution < 1.29 is 9.59 Å². The second-order valence-corrected chi connectivity index (χ2v) is 6.55. The summed E-state index contributed by atoms with van der Waals surface area (Å²) in [5, 5.41) is 9.09. The minimum absolute atomic E-state index is 0. The van der Waals surface area contributed by atoms with Gasteiger partial charge in [-0.05, 0) is 49.4 Å². The average Bonchev–Trinajstić information content (AvgIpc) is 3.27. The maximum Gasteiger partial charge on any atom is 0.223 e. The smallest absolute Gasteiger partial charge is 0.223 e. The third-order valence-corrected chi connectivity index (χ3v) is 4.97. The van der Waals surface area contributed by atoms with Crippen LogP contribution in [0.4, 0.5) is 0 Å². The number of rotatable bonds is 6. The quantitative estimate of drug-likeness (QED) is 0.688. The molecule has 1 aromatic rings. The standard InChI is InChI=1S/C17H24N4O2.2ClH/c22-15(21-12-13-2-1-6-19-11-13)3-7-20-16(23)14-10-17(14)4-8-18-9-5-17;;/h1-2,6,11,14,18H,3-5,7-10,12H2,(H,20,23)(H,21,22);2*1H. The molecule has 6 nitrogen and oxygen atoms in total. The monoisotopic (exact) mass is 388 g/mol. The summed E-state index contributed by atoms with van der Waals surface area (Å²) in [7, 11) is 0. The maximum absolute atomic E-state index is 12.2. The van der Waals surface area contributed by atoms with Crippen LogP contribution < -0.4 is 16.0 Å². The van der Waals surface area contributed by atoms with Crippen LogP contribution in [0.2, 0.25) is 0 Å². The number of nitrogens with zero attached hydrogens (tertiary/aromatic N) is 1. The van der Waals surface area contributed by atoms with E-state index in [0.717, 1.165) is 37.9 Å². The van der Waals surface area contributed by atoms with E-state index in [1.807, 2.05) is 12.1 Å². The molecular formula is C17H26Cl2N4O2. The third kappa shape index (κ3) is 5.83. The number of carbonyl (C=O) groups excluding carboxylic acids is 2. The van der Waals surface area contributed by atoms with Gasteiger partial charge in [-0.3, -0.25) is 14.6 Å². The highest BCUT2D eigenvalue weighted by Crippen LogP contribution is 2.58. The number of hydrogen-bond donors (Lipinski definition) is 3. The summed E-state index contributed by atoms with van der Waals surface area (Å²) < 4.78 is 0. The van der Waals surface area contributed by atoms with Crippen LogP contribution in [0.15, 0.2) is 24.5 Å². The van der Waals surface area contributed by atoms with Gasteiger partial charge in [0.15, 0.2) is 0 Å². The van der Waals surface area contributed by atoms with Crippen LogP contribution in [-0.4, -0.2) is 36.4 Å². The number of carbonyl (C=O) groups is 2. The first-order valence-corrected chi connectivity index (χ1v) is 8.34. The summed E-state index contributed by atoms with van der Waals surface area (Å²) in [5.74, 6) is 0.219. The summed E-state index contributed by atoms with van der Waals surface area (Å²) in [6.07, 6.45) is 6.94. The van der Waals surface area contributed by atoms with Gasteiger partial charge in [0, 0.05) is 37.8 Å². The van der Waals surface area contributed by atoms with Crippen molar-refractivity contribution in [2.75, 3.05) is 19.6 Å². The molecule has 2 aliphatic rings. The molecule has 1 saturated carbocycles. The van der Waals surface area contributed by atoms with Gasteiger partial charge in [-0.25, -0.2) is 0 Å². The van der Waals surface area contributed by atoms with E-state index in [4.69, 9.17) is 0 Å². The van der Waals surface area contributed by atoms with Crippen molar-refractivity contribution in [1.82, 2.24) is 20.9 Å². The molecular weight excluding hydrogens is 363 g/mol.